The van der Waals surface area contributed by atoms with Crippen LogP contribution in [-0.2, 0) is 9.59 Å². The summed E-state index contributed by atoms with van der Waals surface area (Å²) in [5.41, 5.74) is 3.23. The lowest BCUT2D eigenvalue weighted by atomic mass is 10.2. The van der Waals surface area contributed by atoms with E-state index < -0.39 is 0 Å². The molecule has 0 unspecified atom stereocenters. The zero-order valence-corrected chi connectivity index (χ0v) is 17.9. The summed E-state index contributed by atoms with van der Waals surface area (Å²) in [5.74, 6) is -0.447. The number of carbonyl (C=O) groups is 3. The molecule has 164 valence electrons. The first-order valence-corrected chi connectivity index (χ1v) is 10.4. The molecule has 7 heteroatoms. The van der Waals surface area contributed by atoms with Gasteiger partial charge in [0.2, 0.25) is 11.8 Å². The molecule has 0 bridgehead atoms. The van der Waals surface area contributed by atoms with E-state index in [4.69, 9.17) is 0 Å². The third kappa shape index (κ3) is 6.98. The van der Waals surface area contributed by atoms with Crippen LogP contribution in [0.1, 0.15) is 30.1 Å². The molecule has 3 aromatic rings. The van der Waals surface area contributed by atoms with Crippen molar-refractivity contribution in [1.82, 2.24) is 0 Å². The molecule has 32 heavy (non-hydrogen) atoms. The molecule has 0 fully saturated rings. The van der Waals surface area contributed by atoms with Gasteiger partial charge in [0.25, 0.3) is 5.91 Å². The number of anilines is 4. The highest BCUT2D eigenvalue weighted by Gasteiger charge is 2.07. The van der Waals surface area contributed by atoms with Crippen molar-refractivity contribution >= 4 is 40.5 Å². The summed E-state index contributed by atoms with van der Waals surface area (Å²) in [6.07, 6.45) is 1.26. The summed E-state index contributed by atoms with van der Waals surface area (Å²) in [6, 6.07) is 23.1. The Morgan fingerprint density at radius 3 is 1.94 bits per heavy atom. The van der Waals surface area contributed by atoms with Crippen molar-refractivity contribution in [3.8, 4) is 0 Å². The van der Waals surface area contributed by atoms with E-state index in [2.05, 4.69) is 21.3 Å². The normalized spacial score (nSPS) is 10.2. The first-order valence-electron chi connectivity index (χ1n) is 10.4. The highest BCUT2D eigenvalue weighted by atomic mass is 16.2. The average molecular weight is 431 g/mol. The molecule has 0 spiro atoms. The fourth-order valence-electron chi connectivity index (χ4n) is 2.97. The summed E-state index contributed by atoms with van der Waals surface area (Å²) >= 11 is 0. The van der Waals surface area contributed by atoms with Crippen molar-refractivity contribution in [2.45, 2.75) is 19.8 Å². The molecule has 0 heterocycles. The van der Waals surface area contributed by atoms with Gasteiger partial charge < -0.3 is 21.3 Å². The predicted molar refractivity (Wildman–Crippen MR) is 128 cm³/mol. The third-order valence-electron chi connectivity index (χ3n) is 4.54. The van der Waals surface area contributed by atoms with E-state index in [0.717, 1.165) is 6.42 Å². The van der Waals surface area contributed by atoms with Crippen LogP contribution < -0.4 is 21.3 Å². The van der Waals surface area contributed by atoms with Gasteiger partial charge in [0.15, 0.2) is 0 Å². The van der Waals surface area contributed by atoms with Crippen molar-refractivity contribution < 1.29 is 14.4 Å². The predicted octanol–water partition coefficient (Wildman–Crippen LogP) is 4.73. The maximum Gasteiger partial charge on any atom is 0.255 e. The maximum atomic E-state index is 12.3. The molecule has 0 aliphatic heterocycles. The van der Waals surface area contributed by atoms with Gasteiger partial charge in [-0.1, -0.05) is 31.2 Å². The number of rotatable bonds is 9. The van der Waals surface area contributed by atoms with Gasteiger partial charge >= 0.3 is 0 Å². The van der Waals surface area contributed by atoms with Gasteiger partial charge in [-0.2, -0.15) is 0 Å². The minimum absolute atomic E-state index is 0.0318. The quantitative estimate of drug-likeness (QED) is 0.394. The average Bonchev–Trinajstić information content (AvgIpc) is 2.80. The monoisotopic (exact) mass is 430 g/mol. The standard InChI is InChI=1S/C25H26N4O3/c1-2-7-23(30)27-19-12-14-20(15-13-19)28-24(31)17-26-21-10-6-11-22(16-21)29-25(32)18-8-4-3-5-9-18/h3-6,8-16,26H,2,7,17H2,1H3,(H,27,30)(H,28,31)(H,29,32). The molecule has 0 atom stereocenters. The van der Waals surface area contributed by atoms with Crippen molar-refractivity contribution in [3.63, 3.8) is 0 Å². The molecule has 0 radical (unpaired) electrons. The van der Waals surface area contributed by atoms with Gasteiger partial charge in [0.1, 0.15) is 0 Å². The van der Waals surface area contributed by atoms with Crippen LogP contribution in [0.2, 0.25) is 0 Å². The summed E-state index contributed by atoms with van der Waals surface area (Å²) in [7, 11) is 0. The fourth-order valence-corrected chi connectivity index (χ4v) is 2.97. The Morgan fingerprint density at radius 1 is 0.656 bits per heavy atom. The van der Waals surface area contributed by atoms with Crippen molar-refractivity contribution in [1.29, 1.82) is 0 Å². The first-order chi connectivity index (χ1) is 15.5. The summed E-state index contributed by atoms with van der Waals surface area (Å²) < 4.78 is 0. The van der Waals surface area contributed by atoms with E-state index >= 15 is 0 Å². The second kappa shape index (κ2) is 11.3. The van der Waals surface area contributed by atoms with Gasteiger partial charge in [-0.15, -0.1) is 0 Å². The Balaban J connectivity index is 1.49. The Kier molecular flexibility index (Phi) is 7.97. The van der Waals surface area contributed by atoms with Crippen molar-refractivity contribution in [2.75, 3.05) is 27.8 Å². The fraction of sp³-hybridized carbons (Fsp3) is 0.160. The lowest BCUT2D eigenvalue weighted by molar-refractivity contribution is -0.116. The molecule has 3 amide bonds. The van der Waals surface area contributed by atoms with Crippen LogP contribution in [0.25, 0.3) is 0 Å². The van der Waals surface area contributed by atoms with Gasteiger partial charge in [-0.25, -0.2) is 0 Å². The van der Waals surface area contributed by atoms with Crippen LogP contribution in [-0.4, -0.2) is 24.3 Å². The second-order valence-electron chi connectivity index (χ2n) is 7.18. The number of benzene rings is 3. The van der Waals surface area contributed by atoms with Gasteiger partial charge in [-0.05, 0) is 61.0 Å². The van der Waals surface area contributed by atoms with E-state index in [9.17, 15) is 14.4 Å². The molecule has 0 saturated heterocycles. The maximum absolute atomic E-state index is 12.3. The molecule has 0 aliphatic carbocycles. The minimum atomic E-state index is -0.216. The van der Waals surface area contributed by atoms with E-state index in [1.54, 1.807) is 54.6 Å². The van der Waals surface area contributed by atoms with Crippen LogP contribution in [0, 0.1) is 0 Å². The van der Waals surface area contributed by atoms with Crippen LogP contribution >= 0.6 is 0 Å². The van der Waals surface area contributed by atoms with E-state index in [-0.39, 0.29) is 24.3 Å². The SMILES string of the molecule is CCCC(=O)Nc1ccc(NC(=O)CNc2cccc(NC(=O)c3ccccc3)c2)cc1. The highest BCUT2D eigenvalue weighted by Crippen LogP contribution is 2.17. The lowest BCUT2D eigenvalue weighted by Crippen LogP contribution is -2.21. The van der Waals surface area contributed by atoms with Crippen LogP contribution in [0.3, 0.4) is 0 Å². The number of amides is 3. The Labute approximate surface area is 187 Å². The van der Waals surface area contributed by atoms with E-state index in [1.807, 2.05) is 31.2 Å². The van der Waals surface area contributed by atoms with Gasteiger partial charge in [-0.3, -0.25) is 14.4 Å². The van der Waals surface area contributed by atoms with Crippen molar-refractivity contribution in [3.05, 3.63) is 84.4 Å². The summed E-state index contributed by atoms with van der Waals surface area (Å²) in [5, 5.41) is 11.5. The molecule has 3 aromatic carbocycles. The number of hydrogen-bond acceptors (Lipinski definition) is 4. The van der Waals surface area contributed by atoms with E-state index in [0.29, 0.717) is 34.7 Å². The minimum Gasteiger partial charge on any atom is -0.376 e. The van der Waals surface area contributed by atoms with Crippen molar-refractivity contribution in [2.24, 2.45) is 0 Å². The molecule has 7 nitrogen and oxygen atoms in total. The zero-order chi connectivity index (χ0) is 22.8. The highest BCUT2D eigenvalue weighted by molar-refractivity contribution is 6.04. The summed E-state index contributed by atoms with van der Waals surface area (Å²) in [6.45, 7) is 2.01. The number of hydrogen-bond donors (Lipinski definition) is 4. The Hall–Kier alpha value is -4.13. The molecule has 0 aliphatic rings. The largest absolute Gasteiger partial charge is 0.376 e. The summed E-state index contributed by atoms with van der Waals surface area (Å²) in [4.78, 5) is 36.2. The van der Waals surface area contributed by atoms with Crippen LogP contribution in [0.15, 0.2) is 78.9 Å². The molecule has 4 N–H and O–H groups in total. The molecule has 0 saturated carbocycles. The number of nitrogens with one attached hydrogen (secondary N) is 4. The third-order valence-corrected chi connectivity index (χ3v) is 4.54. The van der Waals surface area contributed by atoms with Gasteiger partial charge in [0, 0.05) is 34.7 Å². The van der Waals surface area contributed by atoms with E-state index in [1.165, 1.54) is 0 Å². The zero-order valence-electron chi connectivity index (χ0n) is 17.9. The van der Waals surface area contributed by atoms with Crippen LogP contribution in [0.4, 0.5) is 22.7 Å². The smallest absolute Gasteiger partial charge is 0.255 e. The van der Waals surface area contributed by atoms with Crippen LogP contribution in [0.5, 0.6) is 0 Å². The Bertz CT molecular complexity index is 1070. The Morgan fingerprint density at radius 2 is 1.28 bits per heavy atom. The second-order valence-corrected chi connectivity index (χ2v) is 7.18. The number of carbonyl (C=O) groups excluding carboxylic acids is 3. The molecular weight excluding hydrogens is 404 g/mol. The first kappa shape index (κ1) is 22.6. The molecule has 0 aromatic heterocycles. The molecule has 3 rings (SSSR count). The molecular formula is C25H26N4O3. The van der Waals surface area contributed by atoms with Gasteiger partial charge in [0.05, 0.1) is 6.54 Å². The lowest BCUT2D eigenvalue weighted by Gasteiger charge is -2.11. The topological polar surface area (TPSA) is 99.3 Å².